The predicted molar refractivity (Wildman–Crippen MR) is 93.5 cm³/mol. The summed E-state index contributed by atoms with van der Waals surface area (Å²) in [5.41, 5.74) is 2.55. The summed E-state index contributed by atoms with van der Waals surface area (Å²) in [5.74, 6) is -0.0307. The van der Waals surface area contributed by atoms with Crippen molar-refractivity contribution in [1.29, 1.82) is 0 Å². The first-order valence-electron chi connectivity index (χ1n) is 8.12. The minimum atomic E-state index is -0.412. The van der Waals surface area contributed by atoms with Crippen molar-refractivity contribution in [3.05, 3.63) is 54.4 Å². The highest BCUT2D eigenvalue weighted by molar-refractivity contribution is 5.95. The number of aliphatic hydroxyl groups is 1. The van der Waals surface area contributed by atoms with E-state index >= 15 is 0 Å². The first-order valence-corrected chi connectivity index (χ1v) is 8.12. The van der Waals surface area contributed by atoms with Crippen molar-refractivity contribution in [1.82, 2.24) is 14.7 Å². The number of hydrogen-bond acceptors (Lipinski definition) is 4. The van der Waals surface area contributed by atoms with Gasteiger partial charge in [0.05, 0.1) is 12.3 Å². The van der Waals surface area contributed by atoms with Gasteiger partial charge in [-0.25, -0.2) is 4.68 Å². The summed E-state index contributed by atoms with van der Waals surface area (Å²) in [5, 5.41) is 17.2. The molecule has 1 aliphatic heterocycles. The Labute approximate surface area is 141 Å². The molecule has 0 radical (unpaired) electrons. The van der Waals surface area contributed by atoms with Gasteiger partial charge in [-0.05, 0) is 31.0 Å². The van der Waals surface area contributed by atoms with E-state index in [2.05, 4.69) is 17.0 Å². The number of anilines is 1. The molecular weight excluding hydrogens is 304 g/mol. The molecular formula is C18H22N4O2. The van der Waals surface area contributed by atoms with Crippen molar-refractivity contribution in [3.63, 3.8) is 0 Å². The van der Waals surface area contributed by atoms with Crippen molar-refractivity contribution in [3.8, 4) is 0 Å². The number of rotatable bonds is 5. The number of nitrogens with zero attached hydrogens (tertiary/aromatic N) is 3. The quantitative estimate of drug-likeness (QED) is 0.884. The van der Waals surface area contributed by atoms with Crippen LogP contribution >= 0.6 is 0 Å². The number of likely N-dealkylation sites (tertiary alicyclic amines) is 1. The van der Waals surface area contributed by atoms with Crippen molar-refractivity contribution in [2.45, 2.75) is 25.5 Å². The van der Waals surface area contributed by atoms with E-state index < -0.39 is 6.10 Å². The number of aliphatic hydroxyl groups excluding tert-OH is 1. The van der Waals surface area contributed by atoms with Crippen LogP contribution in [0.2, 0.25) is 0 Å². The lowest BCUT2D eigenvalue weighted by atomic mass is 10.1. The number of carbonyl (C=O) groups is 1. The van der Waals surface area contributed by atoms with Crippen molar-refractivity contribution >= 4 is 17.8 Å². The summed E-state index contributed by atoms with van der Waals surface area (Å²) >= 11 is 0. The highest BCUT2D eigenvalue weighted by Crippen LogP contribution is 2.17. The number of aromatic nitrogens is 2. The van der Waals surface area contributed by atoms with E-state index in [-0.39, 0.29) is 5.91 Å². The molecule has 126 valence electrons. The van der Waals surface area contributed by atoms with Gasteiger partial charge in [-0.15, -0.1) is 0 Å². The lowest BCUT2D eigenvalue weighted by Crippen LogP contribution is -2.42. The molecule has 0 aliphatic carbocycles. The number of hydrogen-bond donors (Lipinski definition) is 2. The van der Waals surface area contributed by atoms with E-state index in [1.54, 1.807) is 22.0 Å². The standard InChI is InChI=1S/C18H22N4O2/c1-2-22-12-14(11-20-22)10-19-16-6-3-5-15(9-16)18(24)21-8-4-7-17(23)13-21/h2-3,5-6,9,11-12,17,19,23H,1,4,7-8,10,13H2/t17-/m1/s1. The number of carbonyl (C=O) groups excluding carboxylic acids is 1. The second-order valence-corrected chi connectivity index (χ2v) is 5.99. The van der Waals surface area contributed by atoms with E-state index in [0.717, 1.165) is 24.1 Å². The molecule has 1 aromatic heterocycles. The first-order chi connectivity index (χ1) is 11.7. The fraction of sp³-hybridized carbons (Fsp3) is 0.333. The minimum absolute atomic E-state index is 0.0307. The minimum Gasteiger partial charge on any atom is -0.391 e. The summed E-state index contributed by atoms with van der Waals surface area (Å²) in [6, 6.07) is 7.45. The predicted octanol–water partition coefficient (Wildman–Crippen LogP) is 2.19. The molecule has 0 saturated carbocycles. The Morgan fingerprint density at radius 2 is 2.38 bits per heavy atom. The molecule has 6 nitrogen and oxygen atoms in total. The van der Waals surface area contributed by atoms with Crippen molar-refractivity contribution in [2.24, 2.45) is 0 Å². The molecule has 0 bridgehead atoms. The van der Waals surface area contributed by atoms with Gasteiger partial charge in [-0.3, -0.25) is 4.79 Å². The number of β-amino-alcohol motifs (C(OH)–C–C–N with tert-alkyl or cyclic N) is 1. The fourth-order valence-electron chi connectivity index (χ4n) is 2.86. The summed E-state index contributed by atoms with van der Waals surface area (Å²) in [7, 11) is 0. The van der Waals surface area contributed by atoms with Gasteiger partial charge in [0.1, 0.15) is 0 Å². The second-order valence-electron chi connectivity index (χ2n) is 5.99. The summed E-state index contributed by atoms with van der Waals surface area (Å²) in [6.45, 7) is 5.40. The smallest absolute Gasteiger partial charge is 0.254 e. The zero-order valence-corrected chi connectivity index (χ0v) is 13.6. The molecule has 1 aliphatic rings. The van der Waals surface area contributed by atoms with E-state index in [0.29, 0.717) is 25.2 Å². The van der Waals surface area contributed by atoms with Gasteiger partial charge in [-0.1, -0.05) is 12.6 Å². The number of amides is 1. The van der Waals surface area contributed by atoms with Crippen LogP contribution in [0.4, 0.5) is 5.69 Å². The van der Waals surface area contributed by atoms with Crippen molar-refractivity contribution < 1.29 is 9.90 Å². The van der Waals surface area contributed by atoms with Crippen LogP contribution in [0.3, 0.4) is 0 Å². The van der Waals surface area contributed by atoms with Gasteiger partial charge < -0.3 is 15.3 Å². The van der Waals surface area contributed by atoms with Gasteiger partial charge in [-0.2, -0.15) is 5.10 Å². The monoisotopic (exact) mass is 326 g/mol. The molecule has 24 heavy (non-hydrogen) atoms. The Morgan fingerprint density at radius 1 is 1.50 bits per heavy atom. The molecule has 1 saturated heterocycles. The van der Waals surface area contributed by atoms with Crippen LogP contribution in [0, 0.1) is 0 Å². The third-order valence-corrected chi connectivity index (χ3v) is 4.13. The fourth-order valence-corrected chi connectivity index (χ4v) is 2.86. The highest BCUT2D eigenvalue weighted by Gasteiger charge is 2.23. The molecule has 2 heterocycles. The third kappa shape index (κ3) is 3.83. The molecule has 1 atom stereocenters. The van der Waals surface area contributed by atoms with E-state index in [1.165, 1.54) is 0 Å². The Kier molecular flexibility index (Phi) is 4.96. The molecule has 1 aromatic carbocycles. The van der Waals surface area contributed by atoms with E-state index in [4.69, 9.17) is 0 Å². The molecule has 1 amide bonds. The molecule has 1 fully saturated rings. The van der Waals surface area contributed by atoms with Gasteiger partial charge >= 0.3 is 0 Å². The van der Waals surface area contributed by atoms with Gasteiger partial charge in [0.15, 0.2) is 0 Å². The Morgan fingerprint density at radius 3 is 3.12 bits per heavy atom. The second kappa shape index (κ2) is 7.31. The lowest BCUT2D eigenvalue weighted by Gasteiger charge is -2.30. The van der Waals surface area contributed by atoms with Gasteiger partial charge in [0.25, 0.3) is 5.91 Å². The normalized spacial score (nSPS) is 17.5. The highest BCUT2D eigenvalue weighted by atomic mass is 16.3. The van der Waals surface area contributed by atoms with Gasteiger partial charge in [0, 0.05) is 48.8 Å². The maximum absolute atomic E-state index is 12.6. The molecule has 0 unspecified atom stereocenters. The summed E-state index contributed by atoms with van der Waals surface area (Å²) in [4.78, 5) is 14.3. The van der Waals surface area contributed by atoms with E-state index in [9.17, 15) is 9.90 Å². The van der Waals surface area contributed by atoms with Crippen molar-refractivity contribution in [2.75, 3.05) is 18.4 Å². The largest absolute Gasteiger partial charge is 0.391 e. The third-order valence-electron chi connectivity index (χ3n) is 4.13. The van der Waals surface area contributed by atoms with Gasteiger partial charge in [0.2, 0.25) is 0 Å². The average Bonchev–Trinajstić information content (AvgIpc) is 3.08. The summed E-state index contributed by atoms with van der Waals surface area (Å²) < 4.78 is 1.65. The molecule has 6 heteroatoms. The Bertz CT molecular complexity index is 725. The number of piperidine rings is 1. The Balaban J connectivity index is 1.64. The van der Waals surface area contributed by atoms with Crippen LogP contribution in [0.1, 0.15) is 28.8 Å². The molecule has 3 rings (SSSR count). The topological polar surface area (TPSA) is 70.4 Å². The van der Waals surface area contributed by atoms with Crippen LogP contribution in [-0.2, 0) is 6.54 Å². The van der Waals surface area contributed by atoms with Crippen LogP contribution in [-0.4, -0.2) is 44.9 Å². The number of benzene rings is 1. The zero-order chi connectivity index (χ0) is 16.9. The maximum atomic E-state index is 12.6. The van der Waals surface area contributed by atoms with Crippen LogP contribution in [0.15, 0.2) is 43.2 Å². The maximum Gasteiger partial charge on any atom is 0.254 e. The summed E-state index contributed by atoms with van der Waals surface area (Å²) in [6.07, 6.45) is 6.51. The number of nitrogens with one attached hydrogen (secondary N) is 1. The lowest BCUT2D eigenvalue weighted by molar-refractivity contribution is 0.0474. The van der Waals surface area contributed by atoms with Crippen LogP contribution in [0.25, 0.3) is 6.20 Å². The SMILES string of the molecule is C=Cn1cc(CNc2cccc(C(=O)N3CCC[C@@H](O)C3)c2)cn1. The Hall–Kier alpha value is -2.60. The molecule has 2 aromatic rings. The van der Waals surface area contributed by atoms with Crippen LogP contribution in [0.5, 0.6) is 0 Å². The zero-order valence-electron chi connectivity index (χ0n) is 13.6. The molecule has 0 spiro atoms. The first kappa shape index (κ1) is 16.3. The average molecular weight is 326 g/mol. The molecule has 2 N–H and O–H groups in total. The van der Waals surface area contributed by atoms with Crippen LogP contribution < -0.4 is 5.32 Å². The van der Waals surface area contributed by atoms with E-state index in [1.807, 2.05) is 30.5 Å².